The number of aliphatic hydroxyl groups excluding tert-OH is 1. The van der Waals surface area contributed by atoms with Gasteiger partial charge in [0.1, 0.15) is 5.76 Å². The Labute approximate surface area is 79.7 Å². The Balaban J connectivity index is 0.000000671. The van der Waals surface area contributed by atoms with E-state index in [2.05, 4.69) is 6.58 Å². The van der Waals surface area contributed by atoms with Crippen molar-refractivity contribution in [2.24, 2.45) is 0 Å². The second-order valence-electron chi connectivity index (χ2n) is 2.49. The van der Waals surface area contributed by atoms with Crippen LogP contribution in [-0.4, -0.2) is 5.11 Å². The summed E-state index contributed by atoms with van der Waals surface area (Å²) >= 11 is 0. The number of aryl methyl sites for hydroxylation is 1. The Morgan fingerprint density at radius 1 is 1.38 bits per heavy atom. The number of benzene rings is 1. The van der Waals surface area contributed by atoms with Gasteiger partial charge in [0, 0.05) is 11.3 Å². The minimum atomic E-state index is 0.0283. The summed E-state index contributed by atoms with van der Waals surface area (Å²) in [7, 11) is 0. The molecule has 0 aliphatic rings. The zero-order valence-electron chi connectivity index (χ0n) is 8.46. The van der Waals surface area contributed by atoms with Crippen LogP contribution >= 0.6 is 0 Å². The Morgan fingerprint density at radius 3 is 2.23 bits per heavy atom. The van der Waals surface area contributed by atoms with E-state index in [1.807, 2.05) is 32.9 Å². The quantitative estimate of drug-likeness (QED) is 0.514. The third-order valence-corrected chi connectivity index (χ3v) is 1.59. The summed E-state index contributed by atoms with van der Waals surface area (Å²) in [5, 5.41) is 9.11. The molecule has 1 aromatic rings. The first kappa shape index (κ1) is 11.6. The molecular formula is C11H17NO. The molecule has 13 heavy (non-hydrogen) atoms. The van der Waals surface area contributed by atoms with Crippen molar-refractivity contribution in [2.75, 3.05) is 5.73 Å². The first-order valence-electron chi connectivity index (χ1n) is 4.36. The summed E-state index contributed by atoms with van der Waals surface area (Å²) in [4.78, 5) is 0. The van der Waals surface area contributed by atoms with Gasteiger partial charge in [0.15, 0.2) is 0 Å². The maximum Gasteiger partial charge on any atom is 0.117 e. The van der Waals surface area contributed by atoms with Gasteiger partial charge in [-0.15, -0.1) is 0 Å². The van der Waals surface area contributed by atoms with Crippen LogP contribution in [0.1, 0.15) is 25.0 Å². The molecule has 0 fully saturated rings. The smallest absolute Gasteiger partial charge is 0.117 e. The molecule has 0 heterocycles. The summed E-state index contributed by atoms with van der Waals surface area (Å²) in [6.07, 6.45) is 0. The molecule has 0 aliphatic heterocycles. The van der Waals surface area contributed by atoms with Crippen molar-refractivity contribution in [1.82, 2.24) is 0 Å². The fraction of sp³-hybridized carbons (Fsp3) is 0.273. The van der Waals surface area contributed by atoms with Crippen LogP contribution in [0.15, 0.2) is 24.8 Å². The van der Waals surface area contributed by atoms with Gasteiger partial charge in [0.05, 0.1) is 0 Å². The molecule has 0 atom stereocenters. The van der Waals surface area contributed by atoms with Gasteiger partial charge in [0.2, 0.25) is 0 Å². The predicted molar refractivity (Wildman–Crippen MR) is 58.6 cm³/mol. The van der Waals surface area contributed by atoms with Crippen LogP contribution in [0.3, 0.4) is 0 Å². The zero-order chi connectivity index (χ0) is 10.4. The fourth-order valence-electron chi connectivity index (χ4n) is 1.08. The molecule has 0 amide bonds. The molecule has 3 N–H and O–H groups in total. The first-order chi connectivity index (χ1) is 6.13. The van der Waals surface area contributed by atoms with Crippen molar-refractivity contribution >= 4 is 11.4 Å². The van der Waals surface area contributed by atoms with Gasteiger partial charge in [-0.1, -0.05) is 32.6 Å². The molecular weight excluding hydrogens is 162 g/mol. The third-order valence-electron chi connectivity index (χ3n) is 1.59. The van der Waals surface area contributed by atoms with Crippen molar-refractivity contribution in [3.05, 3.63) is 35.9 Å². The van der Waals surface area contributed by atoms with Crippen LogP contribution in [0.25, 0.3) is 5.76 Å². The van der Waals surface area contributed by atoms with E-state index in [-0.39, 0.29) is 5.76 Å². The molecule has 0 spiro atoms. The van der Waals surface area contributed by atoms with E-state index in [1.165, 1.54) is 0 Å². The van der Waals surface area contributed by atoms with Crippen LogP contribution in [0.5, 0.6) is 0 Å². The highest BCUT2D eigenvalue weighted by Gasteiger charge is 2.03. The van der Waals surface area contributed by atoms with E-state index in [1.54, 1.807) is 6.07 Å². The lowest BCUT2D eigenvalue weighted by Gasteiger charge is -2.06. The number of rotatable bonds is 1. The van der Waals surface area contributed by atoms with E-state index >= 15 is 0 Å². The normalized spacial score (nSPS) is 8.54. The summed E-state index contributed by atoms with van der Waals surface area (Å²) in [6.45, 7) is 9.30. The highest BCUT2D eigenvalue weighted by molar-refractivity contribution is 5.71. The minimum Gasteiger partial charge on any atom is -0.508 e. The summed E-state index contributed by atoms with van der Waals surface area (Å²) < 4.78 is 0. The van der Waals surface area contributed by atoms with Crippen LogP contribution < -0.4 is 5.73 Å². The number of anilines is 1. The van der Waals surface area contributed by atoms with Crippen molar-refractivity contribution in [3.63, 3.8) is 0 Å². The number of hydrogen-bond donors (Lipinski definition) is 2. The van der Waals surface area contributed by atoms with Gasteiger partial charge in [-0.05, 0) is 18.6 Å². The molecule has 0 unspecified atom stereocenters. The summed E-state index contributed by atoms with van der Waals surface area (Å²) in [5.41, 5.74) is 7.76. The molecule has 1 aromatic carbocycles. The van der Waals surface area contributed by atoms with Gasteiger partial charge in [-0.3, -0.25) is 0 Å². The molecule has 2 nitrogen and oxygen atoms in total. The lowest BCUT2D eigenvalue weighted by Crippen LogP contribution is -1.94. The van der Waals surface area contributed by atoms with E-state index in [4.69, 9.17) is 10.8 Å². The Morgan fingerprint density at radius 2 is 1.92 bits per heavy atom. The van der Waals surface area contributed by atoms with Gasteiger partial charge in [-0.25, -0.2) is 0 Å². The minimum absolute atomic E-state index is 0.0283. The Kier molecular flexibility index (Phi) is 4.67. The number of nitrogen functional groups attached to an aromatic ring is 1. The van der Waals surface area contributed by atoms with Gasteiger partial charge < -0.3 is 10.8 Å². The summed E-state index contributed by atoms with van der Waals surface area (Å²) in [5.74, 6) is 0.0283. The van der Waals surface area contributed by atoms with E-state index < -0.39 is 0 Å². The van der Waals surface area contributed by atoms with Gasteiger partial charge in [0.25, 0.3) is 0 Å². The second-order valence-corrected chi connectivity index (χ2v) is 2.49. The third kappa shape index (κ3) is 2.82. The molecule has 0 radical (unpaired) electrons. The van der Waals surface area contributed by atoms with Crippen molar-refractivity contribution in [2.45, 2.75) is 20.8 Å². The van der Waals surface area contributed by atoms with Crippen LogP contribution in [0.2, 0.25) is 0 Å². The molecule has 2 heteroatoms. The Hall–Kier alpha value is -1.44. The summed E-state index contributed by atoms with van der Waals surface area (Å²) in [6, 6.07) is 5.47. The van der Waals surface area contributed by atoms with Crippen molar-refractivity contribution < 1.29 is 5.11 Å². The molecule has 0 aromatic heterocycles. The van der Waals surface area contributed by atoms with E-state index in [0.717, 1.165) is 5.56 Å². The highest BCUT2D eigenvalue weighted by atomic mass is 16.3. The van der Waals surface area contributed by atoms with Crippen molar-refractivity contribution in [3.8, 4) is 0 Å². The largest absolute Gasteiger partial charge is 0.508 e. The van der Waals surface area contributed by atoms with Gasteiger partial charge >= 0.3 is 0 Å². The van der Waals surface area contributed by atoms with E-state index in [0.29, 0.717) is 11.3 Å². The molecule has 72 valence electrons. The van der Waals surface area contributed by atoms with Crippen LogP contribution in [0, 0.1) is 6.92 Å². The van der Waals surface area contributed by atoms with Crippen LogP contribution in [-0.2, 0) is 0 Å². The van der Waals surface area contributed by atoms with E-state index in [9.17, 15) is 0 Å². The van der Waals surface area contributed by atoms with Crippen LogP contribution in [0.4, 0.5) is 5.69 Å². The lowest BCUT2D eigenvalue weighted by molar-refractivity contribution is 0.513. The topological polar surface area (TPSA) is 46.2 Å². The average Bonchev–Trinajstić information content (AvgIpc) is 2.07. The molecule has 0 bridgehead atoms. The number of aliphatic hydroxyl groups is 1. The van der Waals surface area contributed by atoms with Crippen molar-refractivity contribution in [1.29, 1.82) is 0 Å². The molecule has 1 rings (SSSR count). The molecule has 0 saturated carbocycles. The lowest BCUT2D eigenvalue weighted by atomic mass is 10.1. The standard InChI is InChI=1S/C9H11NO.C2H6/c1-6-4-3-5-8(10)9(6)7(2)11;1-2/h3-5,11H,2,10H2,1H3;1-2H3. The first-order valence-corrected chi connectivity index (χ1v) is 4.36. The number of hydrogen-bond acceptors (Lipinski definition) is 2. The number of nitrogens with two attached hydrogens (primary N) is 1. The monoisotopic (exact) mass is 179 g/mol. The Bertz CT molecular complexity index is 272. The average molecular weight is 179 g/mol. The molecule has 0 saturated heterocycles. The second kappa shape index (κ2) is 5.25. The maximum atomic E-state index is 9.11. The zero-order valence-corrected chi connectivity index (χ0v) is 8.46. The fourth-order valence-corrected chi connectivity index (χ4v) is 1.08. The highest BCUT2D eigenvalue weighted by Crippen LogP contribution is 2.21. The maximum absolute atomic E-state index is 9.11. The SMILES string of the molecule is C=C(O)c1c(C)cccc1N.CC. The van der Waals surface area contributed by atoms with Gasteiger partial charge in [-0.2, -0.15) is 0 Å². The predicted octanol–water partition coefficient (Wildman–Crippen LogP) is 3.13. The molecule has 0 aliphatic carbocycles.